The van der Waals surface area contributed by atoms with Crippen LogP contribution in [0.25, 0.3) is 33.4 Å². The summed E-state index contributed by atoms with van der Waals surface area (Å²) in [7, 11) is 1.65. The van der Waals surface area contributed by atoms with Crippen LogP contribution in [0.4, 0.5) is 0 Å². The summed E-state index contributed by atoms with van der Waals surface area (Å²) in [4.78, 5) is 19.9. The summed E-state index contributed by atoms with van der Waals surface area (Å²) in [5, 5.41) is 0.591. The highest BCUT2D eigenvalue weighted by atomic mass is 16.5. The van der Waals surface area contributed by atoms with Gasteiger partial charge in [-0.05, 0) is 35.4 Å². The van der Waals surface area contributed by atoms with Gasteiger partial charge in [0.05, 0.1) is 18.0 Å². The number of benzene rings is 3. The van der Waals surface area contributed by atoms with E-state index < -0.39 is 0 Å². The molecule has 1 N–H and O–H groups in total. The van der Waals surface area contributed by atoms with E-state index in [1.54, 1.807) is 13.2 Å². The van der Waals surface area contributed by atoms with Crippen LogP contribution in [-0.4, -0.2) is 17.1 Å². The quantitative estimate of drug-likeness (QED) is 0.611. The fourth-order valence-corrected chi connectivity index (χ4v) is 2.93. The summed E-state index contributed by atoms with van der Waals surface area (Å²) in [6, 6.07) is 23.1. The van der Waals surface area contributed by atoms with E-state index in [0.717, 1.165) is 22.4 Å². The fraction of sp³-hybridized carbons (Fsp3) is 0.0476. The molecule has 0 atom stereocenters. The molecule has 0 fully saturated rings. The largest absolute Gasteiger partial charge is 0.497 e. The van der Waals surface area contributed by atoms with Crippen LogP contribution < -0.4 is 10.3 Å². The van der Waals surface area contributed by atoms with Crippen molar-refractivity contribution >= 4 is 10.9 Å². The number of aromatic nitrogens is 2. The molecule has 4 heteroatoms. The van der Waals surface area contributed by atoms with E-state index in [1.165, 1.54) is 0 Å². The molecule has 3 aromatic carbocycles. The molecule has 0 saturated heterocycles. The molecule has 0 saturated carbocycles. The molecule has 1 aromatic heterocycles. The van der Waals surface area contributed by atoms with E-state index >= 15 is 0 Å². The maximum absolute atomic E-state index is 12.4. The Morgan fingerprint density at radius 2 is 1.52 bits per heavy atom. The number of hydrogen-bond acceptors (Lipinski definition) is 3. The molecular weight excluding hydrogens is 312 g/mol. The molecule has 4 nitrogen and oxygen atoms in total. The van der Waals surface area contributed by atoms with Crippen molar-refractivity contribution in [3.63, 3.8) is 0 Å². The molecule has 0 bridgehead atoms. The number of H-pyrrole nitrogens is 1. The Bertz CT molecular complexity index is 1100. The predicted octanol–water partition coefficient (Wildman–Crippen LogP) is 4.27. The van der Waals surface area contributed by atoms with Crippen LogP contribution in [0.5, 0.6) is 5.75 Å². The lowest BCUT2D eigenvalue weighted by Gasteiger charge is -2.10. The Labute approximate surface area is 144 Å². The summed E-state index contributed by atoms with van der Waals surface area (Å²) in [6.45, 7) is 0. The minimum atomic E-state index is -0.134. The van der Waals surface area contributed by atoms with Crippen molar-refractivity contribution < 1.29 is 4.74 Å². The maximum Gasteiger partial charge on any atom is 0.259 e. The molecule has 25 heavy (non-hydrogen) atoms. The molecule has 0 amide bonds. The summed E-state index contributed by atoms with van der Waals surface area (Å²) >= 11 is 0. The smallest absolute Gasteiger partial charge is 0.259 e. The summed E-state index contributed by atoms with van der Waals surface area (Å²) in [5.41, 5.74) is 3.47. The lowest BCUT2D eigenvalue weighted by Crippen LogP contribution is -2.09. The van der Waals surface area contributed by atoms with Gasteiger partial charge in [0.25, 0.3) is 5.56 Å². The molecule has 0 aliphatic rings. The minimum Gasteiger partial charge on any atom is -0.497 e. The van der Waals surface area contributed by atoms with Crippen molar-refractivity contribution in [1.82, 2.24) is 9.97 Å². The van der Waals surface area contributed by atoms with Crippen LogP contribution in [-0.2, 0) is 0 Å². The van der Waals surface area contributed by atoms with Gasteiger partial charge in [0, 0.05) is 5.56 Å². The SMILES string of the molecule is COc1ccc(-c2ccccc2-c2nc3ccccc3c(=O)[nH]2)cc1. The molecule has 0 radical (unpaired) electrons. The van der Waals surface area contributed by atoms with E-state index in [-0.39, 0.29) is 5.56 Å². The lowest BCUT2D eigenvalue weighted by molar-refractivity contribution is 0.415. The van der Waals surface area contributed by atoms with Crippen molar-refractivity contribution in [3.8, 4) is 28.3 Å². The van der Waals surface area contributed by atoms with E-state index in [1.807, 2.05) is 66.7 Å². The predicted molar refractivity (Wildman–Crippen MR) is 99.8 cm³/mol. The second-order valence-electron chi connectivity index (χ2n) is 5.71. The summed E-state index contributed by atoms with van der Waals surface area (Å²) in [6.07, 6.45) is 0. The van der Waals surface area contributed by atoms with Gasteiger partial charge in [-0.2, -0.15) is 0 Å². The average Bonchev–Trinajstić information content (AvgIpc) is 2.68. The third-order valence-electron chi connectivity index (χ3n) is 4.20. The van der Waals surface area contributed by atoms with Crippen molar-refractivity contribution in [3.05, 3.63) is 83.2 Å². The van der Waals surface area contributed by atoms with Gasteiger partial charge in [-0.15, -0.1) is 0 Å². The number of ether oxygens (including phenoxy) is 1. The number of rotatable bonds is 3. The van der Waals surface area contributed by atoms with Crippen LogP contribution in [0.15, 0.2) is 77.6 Å². The second kappa shape index (κ2) is 6.24. The number of para-hydroxylation sites is 1. The first-order valence-electron chi connectivity index (χ1n) is 7.99. The van der Waals surface area contributed by atoms with Gasteiger partial charge in [0.2, 0.25) is 0 Å². The molecule has 0 aliphatic heterocycles. The molecular formula is C21H16N2O2. The van der Waals surface area contributed by atoms with Gasteiger partial charge in [-0.3, -0.25) is 4.79 Å². The third kappa shape index (κ3) is 2.78. The molecule has 0 aliphatic carbocycles. The van der Waals surface area contributed by atoms with Gasteiger partial charge in [0.1, 0.15) is 11.6 Å². The second-order valence-corrected chi connectivity index (χ2v) is 5.71. The molecule has 122 valence electrons. The van der Waals surface area contributed by atoms with Gasteiger partial charge in [0.15, 0.2) is 0 Å². The van der Waals surface area contributed by atoms with Crippen LogP contribution in [0.3, 0.4) is 0 Å². The molecule has 0 unspecified atom stereocenters. The minimum absolute atomic E-state index is 0.134. The summed E-state index contributed by atoms with van der Waals surface area (Å²) < 4.78 is 5.22. The fourth-order valence-electron chi connectivity index (χ4n) is 2.93. The lowest BCUT2D eigenvalue weighted by atomic mass is 9.99. The first-order chi connectivity index (χ1) is 12.3. The van der Waals surface area contributed by atoms with Crippen molar-refractivity contribution in [2.75, 3.05) is 7.11 Å². The monoisotopic (exact) mass is 328 g/mol. The van der Waals surface area contributed by atoms with E-state index in [4.69, 9.17) is 4.74 Å². The Morgan fingerprint density at radius 3 is 2.28 bits per heavy atom. The van der Waals surface area contributed by atoms with E-state index in [0.29, 0.717) is 16.7 Å². The van der Waals surface area contributed by atoms with Gasteiger partial charge >= 0.3 is 0 Å². The molecule has 4 rings (SSSR count). The van der Waals surface area contributed by atoms with E-state index in [9.17, 15) is 4.79 Å². The Kier molecular flexibility index (Phi) is 3.78. The zero-order valence-corrected chi connectivity index (χ0v) is 13.7. The van der Waals surface area contributed by atoms with Crippen LogP contribution >= 0.6 is 0 Å². The highest BCUT2D eigenvalue weighted by molar-refractivity contribution is 5.84. The maximum atomic E-state index is 12.4. The molecule has 0 spiro atoms. The number of nitrogens with zero attached hydrogens (tertiary/aromatic N) is 1. The van der Waals surface area contributed by atoms with Gasteiger partial charge in [-0.25, -0.2) is 4.98 Å². The zero-order chi connectivity index (χ0) is 17.2. The summed E-state index contributed by atoms with van der Waals surface area (Å²) in [5.74, 6) is 1.37. The van der Waals surface area contributed by atoms with Crippen LogP contribution in [0, 0.1) is 0 Å². The van der Waals surface area contributed by atoms with Gasteiger partial charge < -0.3 is 9.72 Å². The molecule has 1 heterocycles. The zero-order valence-electron chi connectivity index (χ0n) is 13.7. The van der Waals surface area contributed by atoms with Crippen LogP contribution in [0.2, 0.25) is 0 Å². The first-order valence-corrected chi connectivity index (χ1v) is 7.99. The molecule has 4 aromatic rings. The van der Waals surface area contributed by atoms with E-state index in [2.05, 4.69) is 9.97 Å². The number of fused-ring (bicyclic) bond motifs is 1. The third-order valence-corrected chi connectivity index (χ3v) is 4.20. The average molecular weight is 328 g/mol. The number of methoxy groups -OCH3 is 1. The van der Waals surface area contributed by atoms with Crippen molar-refractivity contribution in [1.29, 1.82) is 0 Å². The van der Waals surface area contributed by atoms with Crippen LogP contribution in [0.1, 0.15) is 0 Å². The van der Waals surface area contributed by atoms with Crippen molar-refractivity contribution in [2.24, 2.45) is 0 Å². The number of aromatic amines is 1. The Hall–Kier alpha value is -3.40. The number of hydrogen-bond donors (Lipinski definition) is 1. The van der Waals surface area contributed by atoms with Gasteiger partial charge in [-0.1, -0.05) is 48.5 Å². The Morgan fingerprint density at radius 1 is 0.840 bits per heavy atom. The highest BCUT2D eigenvalue weighted by Gasteiger charge is 2.11. The highest BCUT2D eigenvalue weighted by Crippen LogP contribution is 2.31. The standard InChI is InChI=1S/C21H16N2O2/c1-25-15-12-10-14(11-13-15)16-6-2-3-7-17(16)20-22-19-9-5-4-8-18(19)21(24)23-20/h2-13H,1H3,(H,22,23,24). The van der Waals surface area contributed by atoms with Crippen molar-refractivity contribution in [2.45, 2.75) is 0 Å². The number of nitrogens with one attached hydrogen (secondary N) is 1. The normalized spacial score (nSPS) is 10.8. The first kappa shape index (κ1) is 15.1. The topological polar surface area (TPSA) is 55.0 Å². The Balaban J connectivity index is 1.90.